The minimum atomic E-state index is -3.69. The van der Waals surface area contributed by atoms with Crippen LogP contribution in [-0.4, -0.2) is 27.0 Å². The van der Waals surface area contributed by atoms with Crippen molar-refractivity contribution in [3.63, 3.8) is 0 Å². The molecule has 8 heteroatoms. The van der Waals surface area contributed by atoms with Gasteiger partial charge in [0, 0.05) is 11.0 Å². The molecule has 108 valence electrons. The van der Waals surface area contributed by atoms with Crippen molar-refractivity contribution in [3.8, 4) is 6.07 Å². The average molecular weight is 361 g/mol. The molecule has 1 rings (SSSR count). The number of carbonyl (C=O) groups is 1. The quantitative estimate of drug-likeness (QED) is 0.776. The summed E-state index contributed by atoms with van der Waals surface area (Å²) in [6, 6.07) is 8.10. The molecule has 1 N–H and O–H groups in total. The molecule has 1 aromatic rings. The highest BCUT2D eigenvalue weighted by molar-refractivity contribution is 9.10. The zero-order chi connectivity index (χ0) is 15.2. The second kappa shape index (κ2) is 7.38. The lowest BCUT2D eigenvalue weighted by Gasteiger charge is -2.09. The van der Waals surface area contributed by atoms with Crippen LogP contribution in [0.1, 0.15) is 13.3 Å². The van der Waals surface area contributed by atoms with Crippen LogP contribution in [0.2, 0.25) is 0 Å². The molecule has 0 radical (unpaired) electrons. The van der Waals surface area contributed by atoms with E-state index < -0.39 is 22.1 Å². The second-order valence-electron chi connectivity index (χ2n) is 3.84. The molecule has 6 nitrogen and oxygen atoms in total. The lowest BCUT2D eigenvalue weighted by Crippen LogP contribution is -2.27. The Labute approximate surface area is 125 Å². The van der Waals surface area contributed by atoms with E-state index in [9.17, 15) is 13.2 Å². The van der Waals surface area contributed by atoms with Crippen LogP contribution in [0.3, 0.4) is 0 Å². The van der Waals surface area contributed by atoms with Gasteiger partial charge in [-0.2, -0.15) is 5.26 Å². The highest BCUT2D eigenvalue weighted by Crippen LogP contribution is 2.20. The molecule has 0 bridgehead atoms. The fraction of sp³-hybridized carbons (Fsp3) is 0.333. The first-order chi connectivity index (χ1) is 9.36. The zero-order valence-electron chi connectivity index (χ0n) is 10.7. The SMILES string of the molecule is C[C@H](C#N)OC(=O)CCNS(=O)(=O)c1ccccc1Br. The fourth-order valence-corrected chi connectivity index (χ4v) is 3.34. The number of hydrogen-bond donors (Lipinski definition) is 1. The Hall–Kier alpha value is -1.43. The summed E-state index contributed by atoms with van der Waals surface area (Å²) in [4.78, 5) is 11.4. The molecule has 0 saturated heterocycles. The van der Waals surface area contributed by atoms with Gasteiger partial charge in [-0.15, -0.1) is 0 Å². The third-order valence-electron chi connectivity index (χ3n) is 2.24. The van der Waals surface area contributed by atoms with E-state index in [4.69, 9.17) is 10.00 Å². The summed E-state index contributed by atoms with van der Waals surface area (Å²) in [5.41, 5.74) is 0. The van der Waals surface area contributed by atoms with Crippen LogP contribution in [0.25, 0.3) is 0 Å². The molecule has 0 aliphatic rings. The van der Waals surface area contributed by atoms with E-state index in [1.165, 1.54) is 13.0 Å². The Kier molecular flexibility index (Phi) is 6.13. The number of nitriles is 1. The minimum Gasteiger partial charge on any atom is -0.447 e. The standard InChI is InChI=1S/C12H13BrN2O4S/c1-9(8-14)19-12(16)6-7-15-20(17,18)11-5-3-2-4-10(11)13/h2-5,9,15H,6-7H2,1H3/t9-/m1/s1. The summed E-state index contributed by atoms with van der Waals surface area (Å²) in [6.07, 6.45) is -0.988. The zero-order valence-corrected chi connectivity index (χ0v) is 13.1. The van der Waals surface area contributed by atoms with Crippen molar-refractivity contribution in [1.29, 1.82) is 5.26 Å². The molecular formula is C12H13BrN2O4S. The lowest BCUT2D eigenvalue weighted by molar-refractivity contribution is -0.145. The Balaban J connectivity index is 2.56. The third kappa shape index (κ3) is 4.92. The van der Waals surface area contributed by atoms with Gasteiger partial charge in [0.1, 0.15) is 6.07 Å². The van der Waals surface area contributed by atoms with E-state index in [1.54, 1.807) is 24.3 Å². The van der Waals surface area contributed by atoms with E-state index in [-0.39, 0.29) is 17.9 Å². The van der Waals surface area contributed by atoms with Crippen LogP contribution < -0.4 is 4.72 Å². The third-order valence-corrected chi connectivity index (χ3v) is 4.71. The predicted molar refractivity (Wildman–Crippen MR) is 75.1 cm³/mol. The number of hydrogen-bond acceptors (Lipinski definition) is 5. The molecule has 20 heavy (non-hydrogen) atoms. The molecule has 1 aromatic carbocycles. The van der Waals surface area contributed by atoms with Gasteiger partial charge in [-0.3, -0.25) is 4.79 Å². The number of esters is 1. The molecule has 0 spiro atoms. The van der Waals surface area contributed by atoms with Crippen molar-refractivity contribution in [1.82, 2.24) is 4.72 Å². The summed E-state index contributed by atoms with van der Waals surface area (Å²) < 4.78 is 31.4. The van der Waals surface area contributed by atoms with Crippen LogP contribution in [-0.2, 0) is 19.6 Å². The first-order valence-electron chi connectivity index (χ1n) is 5.70. The van der Waals surface area contributed by atoms with Crippen LogP contribution in [0.5, 0.6) is 0 Å². The normalized spacial score (nSPS) is 12.4. The molecule has 0 unspecified atom stereocenters. The molecule has 0 heterocycles. The van der Waals surface area contributed by atoms with Gasteiger partial charge < -0.3 is 4.74 Å². The number of benzene rings is 1. The Morgan fingerprint density at radius 3 is 2.75 bits per heavy atom. The first kappa shape index (κ1) is 16.6. The Morgan fingerprint density at radius 2 is 2.15 bits per heavy atom. The molecule has 0 aliphatic carbocycles. The number of carbonyl (C=O) groups excluding carboxylic acids is 1. The maximum Gasteiger partial charge on any atom is 0.308 e. The predicted octanol–water partition coefficient (Wildman–Crippen LogP) is 1.57. The number of ether oxygens (including phenoxy) is 1. The van der Waals surface area contributed by atoms with E-state index in [2.05, 4.69) is 20.7 Å². The van der Waals surface area contributed by atoms with Crippen LogP contribution in [0, 0.1) is 11.3 Å². The largest absolute Gasteiger partial charge is 0.447 e. The topological polar surface area (TPSA) is 96.3 Å². The van der Waals surface area contributed by atoms with Crippen LogP contribution in [0.15, 0.2) is 33.6 Å². The number of nitrogens with zero attached hydrogens (tertiary/aromatic N) is 1. The Bertz CT molecular complexity index is 625. The molecule has 0 aliphatic heterocycles. The van der Waals surface area contributed by atoms with Crippen molar-refractivity contribution < 1.29 is 17.9 Å². The molecule has 0 fully saturated rings. The van der Waals surface area contributed by atoms with Gasteiger partial charge in [0.25, 0.3) is 0 Å². The fourth-order valence-electron chi connectivity index (χ4n) is 1.31. The highest BCUT2D eigenvalue weighted by atomic mass is 79.9. The van der Waals surface area contributed by atoms with E-state index in [1.807, 2.05) is 0 Å². The smallest absolute Gasteiger partial charge is 0.308 e. The van der Waals surface area contributed by atoms with E-state index in [0.29, 0.717) is 4.47 Å². The van der Waals surface area contributed by atoms with Crippen LogP contribution in [0.4, 0.5) is 0 Å². The average Bonchev–Trinajstić information content (AvgIpc) is 2.38. The van der Waals surface area contributed by atoms with Gasteiger partial charge in [0.2, 0.25) is 10.0 Å². The van der Waals surface area contributed by atoms with Gasteiger partial charge in [-0.25, -0.2) is 13.1 Å². The molecule has 1 atom stereocenters. The van der Waals surface area contributed by atoms with E-state index in [0.717, 1.165) is 0 Å². The molecule has 0 amide bonds. The molecule has 0 aromatic heterocycles. The van der Waals surface area contributed by atoms with Gasteiger partial charge in [0.05, 0.1) is 11.3 Å². The maximum absolute atomic E-state index is 12.0. The number of sulfonamides is 1. The molecular weight excluding hydrogens is 348 g/mol. The number of nitrogens with one attached hydrogen (secondary N) is 1. The summed E-state index contributed by atoms with van der Waals surface area (Å²) >= 11 is 3.15. The minimum absolute atomic E-state index is 0.0961. The number of halogens is 1. The summed E-state index contributed by atoms with van der Waals surface area (Å²) in [5.74, 6) is -0.631. The van der Waals surface area contributed by atoms with Gasteiger partial charge in [0.15, 0.2) is 6.10 Å². The van der Waals surface area contributed by atoms with Crippen molar-refractivity contribution in [3.05, 3.63) is 28.7 Å². The van der Waals surface area contributed by atoms with Gasteiger partial charge in [-0.1, -0.05) is 12.1 Å². The Morgan fingerprint density at radius 1 is 1.50 bits per heavy atom. The number of rotatable bonds is 6. The van der Waals surface area contributed by atoms with E-state index >= 15 is 0 Å². The second-order valence-corrected chi connectivity index (χ2v) is 6.43. The highest BCUT2D eigenvalue weighted by Gasteiger charge is 2.17. The summed E-state index contributed by atoms with van der Waals surface area (Å²) in [6.45, 7) is 1.34. The van der Waals surface area contributed by atoms with Gasteiger partial charge >= 0.3 is 5.97 Å². The summed E-state index contributed by atoms with van der Waals surface area (Å²) in [5, 5.41) is 8.47. The first-order valence-corrected chi connectivity index (χ1v) is 7.97. The van der Waals surface area contributed by atoms with Crippen LogP contribution >= 0.6 is 15.9 Å². The van der Waals surface area contributed by atoms with Gasteiger partial charge in [-0.05, 0) is 35.0 Å². The van der Waals surface area contributed by atoms with Crippen molar-refractivity contribution >= 4 is 31.9 Å². The van der Waals surface area contributed by atoms with Crippen molar-refractivity contribution in [2.75, 3.05) is 6.54 Å². The van der Waals surface area contributed by atoms with Crippen molar-refractivity contribution in [2.24, 2.45) is 0 Å². The summed E-state index contributed by atoms with van der Waals surface area (Å²) in [7, 11) is -3.69. The monoisotopic (exact) mass is 360 g/mol. The molecule has 0 saturated carbocycles. The maximum atomic E-state index is 12.0. The van der Waals surface area contributed by atoms with Crippen molar-refractivity contribution in [2.45, 2.75) is 24.3 Å². The lowest BCUT2D eigenvalue weighted by atomic mass is 10.4.